The molecule has 1 N–H and O–H groups in total. The monoisotopic (exact) mass is 334 g/mol. The zero-order valence-electron chi connectivity index (χ0n) is 13.5. The lowest BCUT2D eigenvalue weighted by Crippen LogP contribution is -2.36. The number of rotatable bonds is 6. The summed E-state index contributed by atoms with van der Waals surface area (Å²) in [5.41, 5.74) is 0. The Labute approximate surface area is 138 Å². The molecule has 2 heterocycles. The molecule has 1 saturated heterocycles. The maximum atomic E-state index is 13.9. The van der Waals surface area contributed by atoms with E-state index in [9.17, 15) is 9.18 Å². The third-order valence-corrected chi connectivity index (χ3v) is 4.17. The van der Waals surface area contributed by atoms with E-state index < -0.39 is 24.0 Å². The molecule has 6 nitrogen and oxygen atoms in total. The van der Waals surface area contributed by atoms with Gasteiger partial charge in [-0.3, -0.25) is 4.79 Å². The number of ether oxygens (including phenoxy) is 3. The van der Waals surface area contributed by atoms with Crippen molar-refractivity contribution in [2.45, 2.75) is 12.2 Å². The molecule has 24 heavy (non-hydrogen) atoms. The Morgan fingerprint density at radius 2 is 2.08 bits per heavy atom. The molecule has 0 unspecified atom stereocenters. The molecule has 2 aromatic rings. The van der Waals surface area contributed by atoms with Crippen LogP contribution in [-0.2, 0) is 9.53 Å². The predicted molar refractivity (Wildman–Crippen MR) is 86.0 cm³/mol. The number of halogens is 1. The van der Waals surface area contributed by atoms with Crippen LogP contribution in [0.2, 0.25) is 0 Å². The van der Waals surface area contributed by atoms with E-state index in [1.165, 1.54) is 7.11 Å². The van der Waals surface area contributed by atoms with Gasteiger partial charge in [0.25, 0.3) is 5.91 Å². The van der Waals surface area contributed by atoms with E-state index in [2.05, 4.69) is 10.3 Å². The number of pyridine rings is 1. The molecule has 1 amide bonds. The van der Waals surface area contributed by atoms with Crippen LogP contribution in [0.5, 0.6) is 11.6 Å². The Morgan fingerprint density at radius 3 is 2.83 bits per heavy atom. The third-order valence-electron chi connectivity index (χ3n) is 4.17. The molecule has 7 heteroatoms. The van der Waals surface area contributed by atoms with E-state index in [1.54, 1.807) is 13.3 Å². The lowest BCUT2D eigenvalue weighted by molar-refractivity contribution is -0.124. The number of hydrogen-bond donors (Lipinski definition) is 1. The second kappa shape index (κ2) is 7.00. The van der Waals surface area contributed by atoms with Gasteiger partial charge in [0.15, 0.2) is 6.17 Å². The van der Waals surface area contributed by atoms with Gasteiger partial charge in [0.1, 0.15) is 12.4 Å². The van der Waals surface area contributed by atoms with E-state index in [1.807, 2.05) is 24.3 Å². The fraction of sp³-hybridized carbons (Fsp3) is 0.412. The normalized spacial score (nSPS) is 23.3. The highest BCUT2D eigenvalue weighted by molar-refractivity contribution is 5.88. The first-order chi connectivity index (χ1) is 11.6. The topological polar surface area (TPSA) is 69.7 Å². The summed E-state index contributed by atoms with van der Waals surface area (Å²) in [7, 11) is 3.06. The number of nitrogens with zero attached hydrogens (tertiary/aromatic N) is 1. The first-order valence-electron chi connectivity index (χ1n) is 7.63. The Bertz CT molecular complexity index is 740. The van der Waals surface area contributed by atoms with Crippen LogP contribution in [-0.4, -0.2) is 50.5 Å². The van der Waals surface area contributed by atoms with Crippen molar-refractivity contribution < 1.29 is 23.4 Å². The number of alkyl halides is 1. The van der Waals surface area contributed by atoms with Crippen LogP contribution >= 0.6 is 0 Å². The van der Waals surface area contributed by atoms with Gasteiger partial charge in [-0.05, 0) is 23.6 Å². The summed E-state index contributed by atoms with van der Waals surface area (Å²) in [6.45, 7) is 0.258. The number of aromatic nitrogens is 1. The minimum atomic E-state index is -1.58. The van der Waals surface area contributed by atoms with Gasteiger partial charge < -0.3 is 19.5 Å². The number of methoxy groups -OCH3 is 2. The summed E-state index contributed by atoms with van der Waals surface area (Å²) < 4.78 is 29.9. The van der Waals surface area contributed by atoms with Crippen LogP contribution in [0.1, 0.15) is 0 Å². The lowest BCUT2D eigenvalue weighted by Gasteiger charge is -2.19. The average molecular weight is 334 g/mol. The van der Waals surface area contributed by atoms with Gasteiger partial charge in [-0.1, -0.05) is 6.07 Å². The first-order valence-corrected chi connectivity index (χ1v) is 7.63. The van der Waals surface area contributed by atoms with Crippen molar-refractivity contribution in [3.8, 4) is 11.6 Å². The van der Waals surface area contributed by atoms with Crippen LogP contribution in [0.4, 0.5) is 4.39 Å². The van der Waals surface area contributed by atoms with E-state index in [4.69, 9.17) is 14.2 Å². The number of amides is 1. The van der Waals surface area contributed by atoms with Crippen LogP contribution in [0.15, 0.2) is 30.5 Å². The highest BCUT2D eigenvalue weighted by Gasteiger charge is 2.43. The summed E-state index contributed by atoms with van der Waals surface area (Å²) in [4.78, 5) is 15.8. The smallest absolute Gasteiger partial charge is 0.255 e. The van der Waals surface area contributed by atoms with Crippen molar-refractivity contribution in [1.29, 1.82) is 0 Å². The molecule has 0 bridgehead atoms. The number of carbonyl (C=O) groups is 1. The van der Waals surface area contributed by atoms with Crippen molar-refractivity contribution in [2.24, 2.45) is 5.92 Å². The Hall–Kier alpha value is -2.41. The largest absolute Gasteiger partial charge is 0.497 e. The fourth-order valence-corrected chi connectivity index (χ4v) is 2.86. The minimum Gasteiger partial charge on any atom is -0.497 e. The van der Waals surface area contributed by atoms with Gasteiger partial charge in [0.2, 0.25) is 5.88 Å². The molecule has 3 atom stereocenters. The maximum absolute atomic E-state index is 13.9. The summed E-state index contributed by atoms with van der Waals surface area (Å²) in [5.74, 6) is -0.0973. The van der Waals surface area contributed by atoms with Gasteiger partial charge in [0.05, 0.1) is 19.8 Å². The van der Waals surface area contributed by atoms with E-state index in [-0.39, 0.29) is 13.2 Å². The van der Waals surface area contributed by atoms with Crippen LogP contribution in [0.25, 0.3) is 10.8 Å². The standard InChI is InChI=1S/C17H19FN2O4/c1-22-8-13-14(20-16(21)15(13)18)9-24-17-12-7-11(23-2)4-3-10(12)5-6-19-17/h3-7,13-15H,8-9H2,1-2H3,(H,20,21)/t13-,14+,15-/m0/s1. The van der Waals surface area contributed by atoms with Gasteiger partial charge in [0, 0.05) is 24.6 Å². The molecule has 0 saturated carbocycles. The minimum absolute atomic E-state index is 0.115. The maximum Gasteiger partial charge on any atom is 0.255 e. The summed E-state index contributed by atoms with van der Waals surface area (Å²) in [6.07, 6.45) is 0.0567. The van der Waals surface area contributed by atoms with E-state index >= 15 is 0 Å². The number of carbonyl (C=O) groups excluding carboxylic acids is 1. The number of fused-ring (bicyclic) bond motifs is 1. The molecular weight excluding hydrogens is 315 g/mol. The lowest BCUT2D eigenvalue weighted by atomic mass is 10.0. The summed E-state index contributed by atoms with van der Waals surface area (Å²) in [6, 6.07) is 6.99. The van der Waals surface area contributed by atoms with Crippen molar-refractivity contribution in [3.63, 3.8) is 0 Å². The van der Waals surface area contributed by atoms with Crippen molar-refractivity contribution in [2.75, 3.05) is 27.4 Å². The van der Waals surface area contributed by atoms with E-state index in [0.717, 1.165) is 10.8 Å². The quantitative estimate of drug-likeness (QED) is 0.871. The van der Waals surface area contributed by atoms with Gasteiger partial charge in [-0.15, -0.1) is 0 Å². The molecule has 0 radical (unpaired) electrons. The van der Waals surface area contributed by atoms with E-state index in [0.29, 0.717) is 11.6 Å². The molecule has 1 aromatic carbocycles. The van der Waals surface area contributed by atoms with Gasteiger partial charge in [-0.2, -0.15) is 0 Å². The molecule has 3 rings (SSSR count). The zero-order valence-corrected chi connectivity index (χ0v) is 13.5. The van der Waals surface area contributed by atoms with Crippen LogP contribution in [0.3, 0.4) is 0 Å². The molecular formula is C17H19FN2O4. The third kappa shape index (κ3) is 3.12. The molecule has 1 aliphatic rings. The number of benzene rings is 1. The Kier molecular flexibility index (Phi) is 4.80. The van der Waals surface area contributed by atoms with Crippen molar-refractivity contribution in [3.05, 3.63) is 30.5 Å². The van der Waals surface area contributed by atoms with Crippen molar-refractivity contribution >= 4 is 16.7 Å². The Balaban J connectivity index is 1.79. The van der Waals surface area contributed by atoms with Crippen molar-refractivity contribution in [1.82, 2.24) is 10.3 Å². The summed E-state index contributed by atoms with van der Waals surface area (Å²) >= 11 is 0. The SMILES string of the molecule is COC[C@@H]1[C@H](F)C(=O)N[C@@H]1COc1nccc2ccc(OC)cc12. The number of nitrogens with one attached hydrogen (secondary N) is 1. The highest BCUT2D eigenvalue weighted by Crippen LogP contribution is 2.28. The molecule has 128 valence electrons. The van der Waals surface area contributed by atoms with Gasteiger partial charge in [-0.25, -0.2) is 9.37 Å². The first kappa shape index (κ1) is 16.4. The summed E-state index contributed by atoms with van der Waals surface area (Å²) in [5, 5.41) is 4.35. The molecule has 0 spiro atoms. The number of hydrogen-bond acceptors (Lipinski definition) is 5. The predicted octanol–water partition coefficient (Wildman–Crippen LogP) is 1.72. The highest BCUT2D eigenvalue weighted by atomic mass is 19.1. The molecule has 0 aliphatic carbocycles. The molecule has 1 aliphatic heterocycles. The second-order valence-corrected chi connectivity index (χ2v) is 5.65. The Morgan fingerprint density at radius 1 is 1.25 bits per heavy atom. The fourth-order valence-electron chi connectivity index (χ4n) is 2.86. The zero-order chi connectivity index (χ0) is 17.1. The average Bonchev–Trinajstić information content (AvgIpc) is 2.87. The molecule has 1 fully saturated rings. The second-order valence-electron chi connectivity index (χ2n) is 5.65. The van der Waals surface area contributed by atoms with Gasteiger partial charge >= 0.3 is 0 Å². The van der Waals surface area contributed by atoms with Crippen LogP contribution in [0, 0.1) is 5.92 Å². The molecule has 1 aromatic heterocycles. The van der Waals surface area contributed by atoms with Crippen LogP contribution < -0.4 is 14.8 Å².